The molecule has 0 unspecified atom stereocenters. The minimum absolute atomic E-state index is 0.0589. The van der Waals surface area contributed by atoms with Crippen LogP contribution < -0.4 is 21.3 Å². The summed E-state index contributed by atoms with van der Waals surface area (Å²) in [5.74, 6) is 0.343. The second-order valence-corrected chi connectivity index (χ2v) is 7.97. The van der Waals surface area contributed by atoms with Gasteiger partial charge in [-0.15, -0.1) is 11.8 Å². The van der Waals surface area contributed by atoms with Crippen molar-refractivity contribution in [2.45, 2.75) is 11.3 Å². The second kappa shape index (κ2) is 9.36. The number of rotatable bonds is 4. The van der Waals surface area contributed by atoms with Crippen LogP contribution in [0.4, 0.5) is 27.5 Å². The first-order chi connectivity index (χ1) is 15.1. The van der Waals surface area contributed by atoms with Crippen molar-refractivity contribution >= 4 is 52.4 Å². The topological polar surface area (TPSA) is 99.3 Å². The number of benzene rings is 3. The van der Waals surface area contributed by atoms with Gasteiger partial charge in [0.1, 0.15) is 0 Å². The average Bonchev–Trinajstić information content (AvgIpc) is 2.94. The molecule has 4 N–H and O–H groups in total. The molecular weight excluding hydrogens is 412 g/mol. The Hall–Kier alpha value is -3.78. The van der Waals surface area contributed by atoms with Crippen LogP contribution in [0.5, 0.6) is 0 Å². The van der Waals surface area contributed by atoms with Crippen LogP contribution in [0.3, 0.4) is 0 Å². The van der Waals surface area contributed by atoms with Crippen molar-refractivity contribution in [1.82, 2.24) is 0 Å². The Balaban J connectivity index is 1.42. The minimum Gasteiger partial charge on any atom is -0.325 e. The number of carbonyl (C=O) groups is 3. The molecule has 1 aliphatic heterocycles. The quantitative estimate of drug-likeness (QED) is 0.465. The molecular formula is C23H20N4O3S. The number of fused-ring (bicyclic) bond motifs is 1. The largest absolute Gasteiger partial charge is 0.325 e. The summed E-state index contributed by atoms with van der Waals surface area (Å²) >= 11 is 1.58. The van der Waals surface area contributed by atoms with Crippen LogP contribution in [-0.4, -0.2) is 23.6 Å². The summed E-state index contributed by atoms with van der Waals surface area (Å²) in [6, 6.07) is 20.9. The van der Waals surface area contributed by atoms with Gasteiger partial charge in [0.05, 0.1) is 5.69 Å². The van der Waals surface area contributed by atoms with Crippen molar-refractivity contribution < 1.29 is 14.4 Å². The summed E-state index contributed by atoms with van der Waals surface area (Å²) in [5.41, 5.74) is 2.83. The Morgan fingerprint density at radius 1 is 0.806 bits per heavy atom. The number of anilines is 4. The summed E-state index contributed by atoms with van der Waals surface area (Å²) in [7, 11) is 0. The predicted molar refractivity (Wildman–Crippen MR) is 124 cm³/mol. The third kappa shape index (κ3) is 5.43. The van der Waals surface area contributed by atoms with Crippen molar-refractivity contribution in [3.63, 3.8) is 0 Å². The molecule has 0 aliphatic carbocycles. The van der Waals surface area contributed by atoms with Crippen molar-refractivity contribution in [3.8, 4) is 0 Å². The number of amides is 4. The molecule has 3 aromatic rings. The number of hydrogen-bond acceptors (Lipinski definition) is 4. The van der Waals surface area contributed by atoms with Gasteiger partial charge in [0.25, 0.3) is 5.91 Å². The maximum Gasteiger partial charge on any atom is 0.323 e. The molecule has 156 valence electrons. The number of para-hydroxylation sites is 1. The monoisotopic (exact) mass is 432 g/mol. The minimum atomic E-state index is -0.381. The van der Waals surface area contributed by atoms with Crippen LogP contribution in [0.2, 0.25) is 0 Å². The van der Waals surface area contributed by atoms with Crippen molar-refractivity contribution in [2.24, 2.45) is 0 Å². The van der Waals surface area contributed by atoms with Crippen LogP contribution in [0.15, 0.2) is 77.7 Å². The van der Waals surface area contributed by atoms with Crippen molar-refractivity contribution in [1.29, 1.82) is 0 Å². The molecule has 0 bridgehead atoms. The Labute approximate surface area is 183 Å². The second-order valence-electron chi connectivity index (χ2n) is 6.84. The lowest BCUT2D eigenvalue weighted by Gasteiger charge is -2.11. The van der Waals surface area contributed by atoms with E-state index in [0.717, 1.165) is 4.90 Å². The molecule has 0 fully saturated rings. The van der Waals surface area contributed by atoms with Gasteiger partial charge in [0.15, 0.2) is 0 Å². The van der Waals surface area contributed by atoms with Crippen LogP contribution in [0, 0.1) is 0 Å². The first-order valence-corrected chi connectivity index (χ1v) is 10.7. The molecule has 0 saturated carbocycles. The third-order valence-electron chi connectivity index (χ3n) is 4.51. The fourth-order valence-electron chi connectivity index (χ4n) is 3.05. The fraction of sp³-hybridized carbons (Fsp3) is 0.0870. The summed E-state index contributed by atoms with van der Waals surface area (Å²) < 4.78 is 0. The lowest BCUT2D eigenvalue weighted by atomic mass is 10.1. The highest BCUT2D eigenvalue weighted by atomic mass is 32.2. The van der Waals surface area contributed by atoms with E-state index in [2.05, 4.69) is 21.3 Å². The van der Waals surface area contributed by atoms with Crippen LogP contribution >= 0.6 is 11.8 Å². The van der Waals surface area contributed by atoms with Gasteiger partial charge in [-0.25, -0.2) is 4.79 Å². The van der Waals surface area contributed by atoms with E-state index >= 15 is 0 Å². The molecule has 4 rings (SSSR count). The zero-order chi connectivity index (χ0) is 21.6. The van der Waals surface area contributed by atoms with Gasteiger partial charge in [0, 0.05) is 39.7 Å². The SMILES string of the molecule is O=C1CCSc2ccc(C(=O)Nc3cccc(NC(=O)Nc4ccccc4)c3)cc2N1. The van der Waals surface area contributed by atoms with E-state index in [4.69, 9.17) is 0 Å². The smallest absolute Gasteiger partial charge is 0.323 e. The lowest BCUT2D eigenvalue weighted by molar-refractivity contribution is -0.115. The summed E-state index contributed by atoms with van der Waals surface area (Å²) in [4.78, 5) is 37.6. The highest BCUT2D eigenvalue weighted by Crippen LogP contribution is 2.31. The summed E-state index contributed by atoms with van der Waals surface area (Å²) in [6.07, 6.45) is 0.443. The Kier molecular flexibility index (Phi) is 6.18. The van der Waals surface area contributed by atoms with Crippen LogP contribution in [0.1, 0.15) is 16.8 Å². The highest BCUT2D eigenvalue weighted by Gasteiger charge is 2.16. The van der Waals surface area contributed by atoms with E-state index in [0.29, 0.717) is 40.5 Å². The van der Waals surface area contributed by atoms with E-state index in [1.807, 2.05) is 24.3 Å². The van der Waals surface area contributed by atoms with Gasteiger partial charge in [-0.1, -0.05) is 24.3 Å². The Morgan fingerprint density at radius 3 is 2.32 bits per heavy atom. The number of nitrogens with one attached hydrogen (secondary N) is 4. The molecule has 8 heteroatoms. The number of thioether (sulfide) groups is 1. The van der Waals surface area contributed by atoms with Gasteiger partial charge in [-0.05, 0) is 48.5 Å². The zero-order valence-corrected chi connectivity index (χ0v) is 17.3. The normalized spacial score (nSPS) is 12.7. The van der Waals surface area contributed by atoms with Crippen molar-refractivity contribution in [2.75, 3.05) is 27.0 Å². The molecule has 7 nitrogen and oxygen atoms in total. The first kappa shape index (κ1) is 20.5. The number of hydrogen-bond donors (Lipinski definition) is 4. The van der Waals surface area contributed by atoms with Gasteiger partial charge in [0.2, 0.25) is 5.91 Å². The zero-order valence-electron chi connectivity index (χ0n) is 16.5. The molecule has 1 aliphatic rings. The molecule has 3 aromatic carbocycles. The fourth-order valence-corrected chi connectivity index (χ4v) is 3.99. The Morgan fingerprint density at radius 2 is 1.52 bits per heavy atom. The maximum atomic E-state index is 12.7. The molecule has 0 aromatic heterocycles. The molecule has 0 radical (unpaired) electrons. The number of carbonyl (C=O) groups excluding carboxylic acids is 3. The molecule has 0 atom stereocenters. The third-order valence-corrected chi connectivity index (χ3v) is 5.59. The van der Waals surface area contributed by atoms with Gasteiger partial charge in [-0.2, -0.15) is 0 Å². The lowest BCUT2D eigenvalue weighted by Crippen LogP contribution is -2.19. The average molecular weight is 433 g/mol. The van der Waals surface area contributed by atoms with E-state index in [9.17, 15) is 14.4 Å². The predicted octanol–water partition coefficient (Wildman–Crippen LogP) is 5.02. The summed E-state index contributed by atoms with van der Waals surface area (Å²) in [6.45, 7) is 0. The van der Waals surface area contributed by atoms with Gasteiger partial charge in [-0.3, -0.25) is 9.59 Å². The first-order valence-electron chi connectivity index (χ1n) is 9.68. The molecule has 31 heavy (non-hydrogen) atoms. The molecule has 1 heterocycles. The van der Waals surface area contributed by atoms with Crippen LogP contribution in [-0.2, 0) is 4.79 Å². The summed E-state index contributed by atoms with van der Waals surface area (Å²) in [5, 5.41) is 11.1. The van der Waals surface area contributed by atoms with E-state index in [-0.39, 0.29) is 17.8 Å². The van der Waals surface area contributed by atoms with E-state index < -0.39 is 0 Å². The number of urea groups is 1. The molecule has 0 spiro atoms. The standard InChI is InChI=1S/C23H20N4O3S/c28-21-11-12-31-20-10-9-15(13-19(20)27-21)22(29)24-17-7-4-8-18(14-17)26-23(30)25-16-5-2-1-3-6-16/h1-10,13-14H,11-12H2,(H,24,29)(H,27,28)(H2,25,26,30). The van der Waals surface area contributed by atoms with Crippen molar-refractivity contribution in [3.05, 3.63) is 78.4 Å². The highest BCUT2D eigenvalue weighted by molar-refractivity contribution is 7.99. The molecule has 4 amide bonds. The Bertz CT molecular complexity index is 1130. The van der Waals surface area contributed by atoms with Gasteiger partial charge < -0.3 is 21.3 Å². The van der Waals surface area contributed by atoms with Crippen LogP contribution in [0.25, 0.3) is 0 Å². The molecule has 0 saturated heterocycles. The van der Waals surface area contributed by atoms with E-state index in [1.54, 1.807) is 60.3 Å². The van der Waals surface area contributed by atoms with E-state index in [1.165, 1.54) is 0 Å². The maximum absolute atomic E-state index is 12.7. The van der Waals surface area contributed by atoms with Gasteiger partial charge >= 0.3 is 6.03 Å².